The lowest BCUT2D eigenvalue weighted by Gasteiger charge is -2.14. The summed E-state index contributed by atoms with van der Waals surface area (Å²) in [4.78, 5) is 2.06. The van der Waals surface area contributed by atoms with Gasteiger partial charge in [-0.05, 0) is 31.2 Å². The van der Waals surface area contributed by atoms with Crippen molar-refractivity contribution in [3.63, 3.8) is 0 Å². The van der Waals surface area contributed by atoms with E-state index in [-0.39, 0.29) is 6.04 Å². The topological polar surface area (TPSA) is 15.3 Å². The molecule has 0 aliphatic carbocycles. The van der Waals surface area contributed by atoms with Crippen LogP contribution in [0.1, 0.15) is 6.92 Å². The van der Waals surface area contributed by atoms with Crippen LogP contribution in [0.4, 0.5) is 11.4 Å². The lowest BCUT2D eigenvalue weighted by Crippen LogP contribution is -2.12. The Hall–Kier alpha value is -1.62. The van der Waals surface area contributed by atoms with E-state index in [1.807, 2.05) is 33.2 Å². The second-order valence-electron chi connectivity index (χ2n) is 3.47. The van der Waals surface area contributed by atoms with Gasteiger partial charge in [0.1, 0.15) is 0 Å². The van der Waals surface area contributed by atoms with Gasteiger partial charge in [-0.15, -0.1) is 6.42 Å². The van der Waals surface area contributed by atoms with Crippen LogP contribution in [0.15, 0.2) is 24.3 Å². The minimum Gasteiger partial charge on any atom is -0.378 e. The second kappa shape index (κ2) is 4.57. The van der Waals surface area contributed by atoms with Crippen LogP contribution in [-0.2, 0) is 0 Å². The normalized spacial score (nSPS) is 11.6. The Labute approximate surface area is 85.9 Å². The zero-order valence-electron chi connectivity index (χ0n) is 8.91. The molecule has 0 aliphatic heterocycles. The van der Waals surface area contributed by atoms with Crippen LogP contribution in [0.25, 0.3) is 0 Å². The molecule has 1 unspecified atom stereocenters. The van der Waals surface area contributed by atoms with Gasteiger partial charge in [0, 0.05) is 25.5 Å². The van der Waals surface area contributed by atoms with Gasteiger partial charge < -0.3 is 10.2 Å². The molecule has 2 nitrogen and oxygen atoms in total. The molecule has 2 heteroatoms. The first-order valence-electron chi connectivity index (χ1n) is 4.63. The summed E-state index contributed by atoms with van der Waals surface area (Å²) in [6, 6.07) is 8.25. The van der Waals surface area contributed by atoms with Crippen molar-refractivity contribution in [1.29, 1.82) is 0 Å². The fourth-order valence-corrected chi connectivity index (χ4v) is 1.15. The van der Waals surface area contributed by atoms with Crippen LogP contribution in [0, 0.1) is 12.3 Å². The van der Waals surface area contributed by atoms with Crippen molar-refractivity contribution < 1.29 is 0 Å². The molecule has 0 fully saturated rings. The lowest BCUT2D eigenvalue weighted by atomic mass is 10.2. The molecule has 0 saturated carbocycles. The highest BCUT2D eigenvalue weighted by Gasteiger charge is 1.98. The smallest absolute Gasteiger partial charge is 0.0845 e. The van der Waals surface area contributed by atoms with E-state index in [0.717, 1.165) is 5.69 Å². The van der Waals surface area contributed by atoms with Gasteiger partial charge in [0.05, 0.1) is 6.04 Å². The Bertz CT molecular complexity index is 319. The van der Waals surface area contributed by atoms with Gasteiger partial charge in [-0.1, -0.05) is 5.92 Å². The minimum absolute atomic E-state index is 0.0696. The van der Waals surface area contributed by atoms with Gasteiger partial charge in [-0.2, -0.15) is 0 Å². The average molecular weight is 188 g/mol. The first-order chi connectivity index (χ1) is 6.63. The molecule has 1 N–H and O–H groups in total. The van der Waals surface area contributed by atoms with Crippen molar-refractivity contribution in [3.8, 4) is 12.3 Å². The molecule has 1 atom stereocenters. The van der Waals surface area contributed by atoms with E-state index in [1.54, 1.807) is 0 Å². The van der Waals surface area contributed by atoms with Gasteiger partial charge >= 0.3 is 0 Å². The zero-order chi connectivity index (χ0) is 10.6. The third kappa shape index (κ3) is 2.70. The molecule has 0 bridgehead atoms. The largest absolute Gasteiger partial charge is 0.378 e. The fourth-order valence-electron chi connectivity index (χ4n) is 1.15. The minimum atomic E-state index is 0.0696. The van der Waals surface area contributed by atoms with Gasteiger partial charge in [-0.25, -0.2) is 0 Å². The molecule has 0 aromatic heterocycles. The predicted molar refractivity (Wildman–Crippen MR) is 62.7 cm³/mol. The standard InChI is InChI=1S/C12H16N2/c1-5-10(2)13-11-6-8-12(9-7-11)14(3)4/h1,6-10,13H,2-4H3. The third-order valence-corrected chi connectivity index (χ3v) is 2.02. The molecule has 0 radical (unpaired) electrons. The van der Waals surface area contributed by atoms with E-state index in [1.165, 1.54) is 5.69 Å². The number of rotatable bonds is 3. The molecular formula is C12H16N2. The lowest BCUT2D eigenvalue weighted by molar-refractivity contribution is 1.03. The number of nitrogens with one attached hydrogen (secondary N) is 1. The summed E-state index contributed by atoms with van der Waals surface area (Å²) in [5.74, 6) is 2.63. The Morgan fingerprint density at radius 2 is 1.86 bits per heavy atom. The molecule has 1 aromatic carbocycles. The van der Waals surface area contributed by atoms with E-state index >= 15 is 0 Å². The summed E-state index contributed by atoms with van der Waals surface area (Å²) in [6.07, 6.45) is 5.28. The molecule has 0 aliphatic rings. The van der Waals surface area contributed by atoms with Gasteiger partial charge in [0.25, 0.3) is 0 Å². The number of benzene rings is 1. The molecule has 14 heavy (non-hydrogen) atoms. The summed E-state index contributed by atoms with van der Waals surface area (Å²) < 4.78 is 0. The van der Waals surface area contributed by atoms with Crippen molar-refractivity contribution in [2.24, 2.45) is 0 Å². The summed E-state index contributed by atoms with van der Waals surface area (Å²) in [5, 5.41) is 3.20. The number of hydrogen-bond acceptors (Lipinski definition) is 2. The van der Waals surface area contributed by atoms with Crippen LogP contribution in [0.5, 0.6) is 0 Å². The van der Waals surface area contributed by atoms with E-state index in [9.17, 15) is 0 Å². The number of hydrogen-bond donors (Lipinski definition) is 1. The number of anilines is 2. The van der Waals surface area contributed by atoms with Crippen molar-refractivity contribution >= 4 is 11.4 Å². The fraction of sp³-hybridized carbons (Fsp3) is 0.333. The maximum absolute atomic E-state index is 5.28. The summed E-state index contributed by atoms with van der Waals surface area (Å²) in [6.45, 7) is 1.96. The highest BCUT2D eigenvalue weighted by Crippen LogP contribution is 2.15. The number of terminal acetylenes is 1. The van der Waals surface area contributed by atoms with E-state index in [4.69, 9.17) is 6.42 Å². The average Bonchev–Trinajstić information content (AvgIpc) is 2.18. The highest BCUT2D eigenvalue weighted by molar-refractivity contribution is 5.55. The van der Waals surface area contributed by atoms with Crippen molar-refractivity contribution in [1.82, 2.24) is 0 Å². The van der Waals surface area contributed by atoms with Crippen molar-refractivity contribution in [2.45, 2.75) is 13.0 Å². The Kier molecular flexibility index (Phi) is 3.41. The van der Waals surface area contributed by atoms with Crippen molar-refractivity contribution in [3.05, 3.63) is 24.3 Å². The van der Waals surface area contributed by atoms with E-state index < -0.39 is 0 Å². The molecule has 1 aromatic rings. The highest BCUT2D eigenvalue weighted by atomic mass is 15.1. The predicted octanol–water partition coefficient (Wildman–Crippen LogP) is 2.19. The third-order valence-electron chi connectivity index (χ3n) is 2.02. The number of nitrogens with zero attached hydrogens (tertiary/aromatic N) is 1. The Balaban J connectivity index is 2.70. The van der Waals surface area contributed by atoms with Gasteiger partial charge in [0.2, 0.25) is 0 Å². The summed E-state index contributed by atoms with van der Waals surface area (Å²) in [5.41, 5.74) is 2.24. The maximum atomic E-state index is 5.28. The molecule has 0 spiro atoms. The quantitative estimate of drug-likeness (QED) is 0.731. The molecular weight excluding hydrogens is 172 g/mol. The maximum Gasteiger partial charge on any atom is 0.0845 e. The van der Waals surface area contributed by atoms with Gasteiger partial charge in [0.15, 0.2) is 0 Å². The molecule has 74 valence electrons. The van der Waals surface area contributed by atoms with Crippen molar-refractivity contribution in [2.75, 3.05) is 24.3 Å². The van der Waals surface area contributed by atoms with E-state index in [0.29, 0.717) is 0 Å². The molecule has 0 amide bonds. The summed E-state index contributed by atoms with van der Waals surface area (Å²) >= 11 is 0. The Morgan fingerprint density at radius 3 is 2.29 bits per heavy atom. The zero-order valence-corrected chi connectivity index (χ0v) is 8.91. The van der Waals surface area contributed by atoms with Crippen LogP contribution in [0.3, 0.4) is 0 Å². The molecule has 0 heterocycles. The Morgan fingerprint density at radius 1 is 1.29 bits per heavy atom. The van der Waals surface area contributed by atoms with Crippen LogP contribution in [0.2, 0.25) is 0 Å². The van der Waals surface area contributed by atoms with Crippen LogP contribution >= 0.6 is 0 Å². The van der Waals surface area contributed by atoms with E-state index in [2.05, 4.69) is 28.3 Å². The first-order valence-corrected chi connectivity index (χ1v) is 4.63. The molecule has 1 rings (SSSR count). The first kappa shape index (κ1) is 10.5. The summed E-state index contributed by atoms with van der Waals surface area (Å²) in [7, 11) is 4.04. The molecule has 0 saturated heterocycles. The second-order valence-corrected chi connectivity index (χ2v) is 3.47. The van der Waals surface area contributed by atoms with Gasteiger partial charge in [-0.3, -0.25) is 0 Å². The SMILES string of the molecule is C#CC(C)Nc1ccc(N(C)C)cc1. The van der Waals surface area contributed by atoms with Crippen LogP contribution in [-0.4, -0.2) is 20.1 Å². The van der Waals surface area contributed by atoms with Crippen LogP contribution < -0.4 is 10.2 Å². The monoisotopic (exact) mass is 188 g/mol.